The van der Waals surface area contributed by atoms with Crippen LogP contribution in [0.25, 0.3) is 0 Å². The summed E-state index contributed by atoms with van der Waals surface area (Å²) in [5.74, 6) is 0.256. The predicted octanol–water partition coefficient (Wildman–Crippen LogP) is 1.10. The Labute approximate surface area is 122 Å². The van der Waals surface area contributed by atoms with Crippen LogP contribution in [0.5, 0.6) is 0 Å². The summed E-state index contributed by atoms with van der Waals surface area (Å²) in [4.78, 5) is 16.0. The van der Waals surface area contributed by atoms with E-state index < -0.39 is 6.10 Å². The summed E-state index contributed by atoms with van der Waals surface area (Å²) in [6.45, 7) is -0.0481. The molecular formula is C15H17N3O3. The number of carbonyl (C=O) groups excluding carboxylic acids is 1. The molecule has 1 unspecified atom stereocenters. The third-order valence-corrected chi connectivity index (χ3v) is 2.81. The van der Waals surface area contributed by atoms with E-state index in [9.17, 15) is 9.90 Å². The Kier molecular flexibility index (Phi) is 5.25. The number of hydrogen-bond acceptors (Lipinski definition) is 5. The number of nitrogens with one attached hydrogen (secondary N) is 2. The number of benzene rings is 1. The zero-order valence-corrected chi connectivity index (χ0v) is 11.4. The summed E-state index contributed by atoms with van der Waals surface area (Å²) < 4.78 is 0. The minimum Gasteiger partial charge on any atom is -0.394 e. The molecule has 0 saturated carbocycles. The Morgan fingerprint density at radius 3 is 2.57 bits per heavy atom. The number of nitrogens with zero attached hydrogens (tertiary/aromatic N) is 1. The van der Waals surface area contributed by atoms with E-state index in [1.54, 1.807) is 48.7 Å². The fourth-order valence-electron chi connectivity index (χ4n) is 1.66. The van der Waals surface area contributed by atoms with E-state index in [-0.39, 0.29) is 19.1 Å². The summed E-state index contributed by atoms with van der Waals surface area (Å²) in [7, 11) is 0. The van der Waals surface area contributed by atoms with E-state index in [0.29, 0.717) is 11.4 Å². The van der Waals surface area contributed by atoms with Gasteiger partial charge >= 0.3 is 0 Å². The van der Waals surface area contributed by atoms with Crippen molar-refractivity contribution in [2.75, 3.05) is 23.8 Å². The lowest BCUT2D eigenvalue weighted by atomic mass is 10.2. The normalized spacial score (nSPS) is 11.7. The van der Waals surface area contributed by atoms with Gasteiger partial charge in [0.05, 0.1) is 12.7 Å². The molecule has 1 aromatic heterocycles. The van der Waals surface area contributed by atoms with Gasteiger partial charge in [0.25, 0.3) is 5.91 Å². The molecule has 21 heavy (non-hydrogen) atoms. The van der Waals surface area contributed by atoms with Crippen molar-refractivity contribution in [2.24, 2.45) is 0 Å². The molecule has 6 heteroatoms. The first kappa shape index (κ1) is 15.0. The lowest BCUT2D eigenvalue weighted by Gasteiger charge is -2.10. The molecule has 1 atom stereocenters. The molecule has 0 radical (unpaired) electrons. The van der Waals surface area contributed by atoms with E-state index in [1.165, 1.54) is 0 Å². The Morgan fingerprint density at radius 1 is 1.19 bits per heavy atom. The Morgan fingerprint density at radius 2 is 1.95 bits per heavy atom. The molecule has 1 amide bonds. The van der Waals surface area contributed by atoms with Gasteiger partial charge in [0.15, 0.2) is 0 Å². The molecule has 0 aliphatic heterocycles. The highest BCUT2D eigenvalue weighted by Gasteiger charge is 2.07. The SMILES string of the molecule is O=C(Nc1ccccn1)c1ccc(NCC(O)CO)cc1. The Bertz CT molecular complexity index is 572. The quantitative estimate of drug-likeness (QED) is 0.638. The second-order valence-corrected chi connectivity index (χ2v) is 4.46. The van der Waals surface area contributed by atoms with Crippen LogP contribution in [0.2, 0.25) is 0 Å². The first-order chi connectivity index (χ1) is 10.2. The zero-order valence-electron chi connectivity index (χ0n) is 11.4. The minimum absolute atomic E-state index is 0.240. The van der Waals surface area contributed by atoms with Crippen LogP contribution in [0.1, 0.15) is 10.4 Å². The number of pyridine rings is 1. The first-order valence-electron chi connectivity index (χ1n) is 6.54. The number of hydrogen-bond donors (Lipinski definition) is 4. The first-order valence-corrected chi connectivity index (χ1v) is 6.54. The second kappa shape index (κ2) is 7.37. The van der Waals surface area contributed by atoms with Crippen LogP contribution in [-0.2, 0) is 0 Å². The highest BCUT2D eigenvalue weighted by molar-refractivity contribution is 6.03. The molecule has 0 spiro atoms. The molecule has 2 rings (SSSR count). The Hall–Kier alpha value is -2.44. The number of aliphatic hydroxyl groups excluding tert-OH is 2. The summed E-state index contributed by atoms with van der Waals surface area (Å²) in [5, 5.41) is 23.6. The van der Waals surface area contributed by atoms with Crippen LogP contribution in [0.4, 0.5) is 11.5 Å². The van der Waals surface area contributed by atoms with E-state index in [2.05, 4.69) is 15.6 Å². The molecule has 6 nitrogen and oxygen atoms in total. The number of anilines is 2. The fraction of sp³-hybridized carbons (Fsp3) is 0.200. The molecular weight excluding hydrogens is 270 g/mol. The second-order valence-electron chi connectivity index (χ2n) is 4.46. The van der Waals surface area contributed by atoms with Gasteiger partial charge in [-0.3, -0.25) is 4.79 Å². The van der Waals surface area contributed by atoms with Crippen molar-refractivity contribution in [2.45, 2.75) is 6.10 Å². The topological polar surface area (TPSA) is 94.5 Å². The number of aliphatic hydroxyl groups is 2. The van der Waals surface area contributed by atoms with E-state index in [0.717, 1.165) is 5.69 Å². The van der Waals surface area contributed by atoms with Crippen molar-refractivity contribution in [3.63, 3.8) is 0 Å². The largest absolute Gasteiger partial charge is 0.394 e. The van der Waals surface area contributed by atoms with Gasteiger partial charge in [-0.1, -0.05) is 6.07 Å². The average molecular weight is 287 g/mol. The standard InChI is InChI=1S/C15H17N3O3/c19-10-13(20)9-17-12-6-4-11(5-7-12)15(21)18-14-3-1-2-8-16-14/h1-8,13,17,19-20H,9-10H2,(H,16,18,21). The lowest BCUT2D eigenvalue weighted by molar-refractivity contribution is 0.102. The summed E-state index contributed by atoms with van der Waals surface area (Å²) in [6, 6.07) is 12.1. The number of aromatic nitrogens is 1. The van der Waals surface area contributed by atoms with E-state index >= 15 is 0 Å². The average Bonchev–Trinajstić information content (AvgIpc) is 2.54. The van der Waals surface area contributed by atoms with Crippen molar-refractivity contribution >= 4 is 17.4 Å². The number of amides is 1. The van der Waals surface area contributed by atoms with Crippen molar-refractivity contribution in [1.29, 1.82) is 0 Å². The molecule has 2 aromatic rings. The maximum absolute atomic E-state index is 12.0. The smallest absolute Gasteiger partial charge is 0.256 e. The zero-order chi connectivity index (χ0) is 15.1. The third kappa shape index (κ3) is 4.55. The van der Waals surface area contributed by atoms with Crippen molar-refractivity contribution in [3.8, 4) is 0 Å². The highest BCUT2D eigenvalue weighted by Crippen LogP contribution is 2.11. The van der Waals surface area contributed by atoms with Crippen LogP contribution in [-0.4, -0.2) is 40.4 Å². The van der Waals surface area contributed by atoms with Gasteiger partial charge in [-0.05, 0) is 36.4 Å². The fourth-order valence-corrected chi connectivity index (χ4v) is 1.66. The summed E-state index contributed by atoms with van der Waals surface area (Å²) in [6.07, 6.45) is 0.798. The van der Waals surface area contributed by atoms with Gasteiger partial charge in [-0.2, -0.15) is 0 Å². The van der Waals surface area contributed by atoms with Crippen molar-refractivity contribution < 1.29 is 15.0 Å². The number of carbonyl (C=O) groups is 1. The molecule has 110 valence electrons. The van der Waals surface area contributed by atoms with Crippen molar-refractivity contribution in [1.82, 2.24) is 4.98 Å². The van der Waals surface area contributed by atoms with Crippen molar-refractivity contribution in [3.05, 3.63) is 54.2 Å². The number of rotatable bonds is 6. The Balaban J connectivity index is 1.94. The van der Waals surface area contributed by atoms with Crippen LogP contribution in [0.3, 0.4) is 0 Å². The highest BCUT2D eigenvalue weighted by atomic mass is 16.3. The summed E-state index contributed by atoms with van der Waals surface area (Å²) in [5.41, 5.74) is 1.27. The molecule has 1 aromatic carbocycles. The molecule has 0 aliphatic rings. The maximum atomic E-state index is 12.0. The third-order valence-electron chi connectivity index (χ3n) is 2.81. The van der Waals surface area contributed by atoms with Crippen LogP contribution in [0.15, 0.2) is 48.7 Å². The molecule has 4 N–H and O–H groups in total. The van der Waals surface area contributed by atoms with Crippen LogP contribution >= 0.6 is 0 Å². The summed E-state index contributed by atoms with van der Waals surface area (Å²) >= 11 is 0. The minimum atomic E-state index is -0.808. The van der Waals surface area contributed by atoms with E-state index in [4.69, 9.17) is 5.11 Å². The molecule has 0 aliphatic carbocycles. The molecule has 0 saturated heterocycles. The lowest BCUT2D eigenvalue weighted by Crippen LogP contribution is -2.22. The molecule has 0 fully saturated rings. The van der Waals surface area contributed by atoms with Crippen LogP contribution in [0, 0.1) is 0 Å². The maximum Gasteiger partial charge on any atom is 0.256 e. The van der Waals surface area contributed by atoms with Gasteiger partial charge in [0.2, 0.25) is 0 Å². The molecule has 1 heterocycles. The van der Waals surface area contributed by atoms with Gasteiger partial charge in [0, 0.05) is 24.0 Å². The van der Waals surface area contributed by atoms with Gasteiger partial charge in [-0.25, -0.2) is 4.98 Å². The molecule has 0 bridgehead atoms. The van der Waals surface area contributed by atoms with Gasteiger partial charge in [-0.15, -0.1) is 0 Å². The van der Waals surface area contributed by atoms with Gasteiger partial charge < -0.3 is 20.8 Å². The monoisotopic (exact) mass is 287 g/mol. The van der Waals surface area contributed by atoms with Crippen LogP contribution < -0.4 is 10.6 Å². The van der Waals surface area contributed by atoms with Gasteiger partial charge in [0.1, 0.15) is 5.82 Å². The predicted molar refractivity (Wildman–Crippen MR) is 80.2 cm³/mol. The van der Waals surface area contributed by atoms with E-state index in [1.807, 2.05) is 0 Å².